The molecule has 0 amide bonds. The fraction of sp³-hybridized carbons (Fsp3) is 0.200. The lowest BCUT2D eigenvalue weighted by molar-refractivity contribution is -0.139. The van der Waals surface area contributed by atoms with Crippen LogP contribution in [-0.2, 0) is 43.5 Å². The lowest BCUT2D eigenvalue weighted by atomic mass is 9.67. The molecule has 0 saturated heterocycles. The van der Waals surface area contributed by atoms with Crippen LogP contribution in [0.2, 0.25) is 0 Å². The molecule has 294 valence electrons. The van der Waals surface area contributed by atoms with Crippen LogP contribution in [0.3, 0.4) is 0 Å². The van der Waals surface area contributed by atoms with Crippen LogP contribution >= 0.6 is 0 Å². The Morgan fingerprint density at radius 2 is 0.754 bits per heavy atom. The molecule has 5 rings (SSSR count). The van der Waals surface area contributed by atoms with Crippen LogP contribution in [0.4, 0.5) is 0 Å². The molecule has 0 unspecified atom stereocenters. The van der Waals surface area contributed by atoms with Crippen molar-refractivity contribution in [3.05, 3.63) is 158 Å². The van der Waals surface area contributed by atoms with Crippen LogP contribution in [-0.4, -0.2) is 76.7 Å². The molecule has 12 heteroatoms. The molecule has 57 heavy (non-hydrogen) atoms. The Balaban J connectivity index is 1.68. The van der Waals surface area contributed by atoms with Crippen molar-refractivity contribution in [1.29, 1.82) is 0 Å². The Morgan fingerprint density at radius 3 is 1.11 bits per heavy atom. The van der Waals surface area contributed by atoms with Crippen molar-refractivity contribution in [1.82, 2.24) is 0 Å². The summed E-state index contributed by atoms with van der Waals surface area (Å²) >= 11 is 0. The third-order valence-corrected chi connectivity index (χ3v) is 8.70. The zero-order valence-corrected chi connectivity index (χ0v) is 31.3. The predicted molar refractivity (Wildman–Crippen MR) is 210 cm³/mol. The van der Waals surface area contributed by atoms with Gasteiger partial charge in [-0.25, -0.2) is 19.2 Å². The summed E-state index contributed by atoms with van der Waals surface area (Å²) < 4.78 is 45.5. The smallest absolute Gasteiger partial charge is 0.330 e. The number of carbonyl (C=O) groups excluding carboxylic acids is 4. The highest BCUT2D eigenvalue weighted by atomic mass is 16.6. The van der Waals surface area contributed by atoms with Gasteiger partial charge in [0.1, 0.15) is 75.9 Å². The number of ether oxygens (including phenoxy) is 8. The highest BCUT2D eigenvalue weighted by molar-refractivity contribution is 5.88. The van der Waals surface area contributed by atoms with E-state index in [4.69, 9.17) is 37.9 Å². The van der Waals surface area contributed by atoms with Gasteiger partial charge in [0, 0.05) is 47.6 Å². The molecule has 4 aromatic carbocycles. The van der Waals surface area contributed by atoms with E-state index in [2.05, 4.69) is 26.3 Å². The third kappa shape index (κ3) is 9.78. The Morgan fingerprint density at radius 1 is 0.421 bits per heavy atom. The third-order valence-electron chi connectivity index (χ3n) is 8.70. The number of carbonyl (C=O) groups is 4. The Hall–Kier alpha value is -7.08. The minimum Gasteiger partial charge on any atom is -0.490 e. The van der Waals surface area contributed by atoms with Gasteiger partial charge in [-0.1, -0.05) is 87.0 Å². The van der Waals surface area contributed by atoms with E-state index in [0.29, 0.717) is 34.1 Å². The van der Waals surface area contributed by atoms with Gasteiger partial charge in [0.15, 0.2) is 0 Å². The second-order valence-electron chi connectivity index (χ2n) is 12.0. The van der Waals surface area contributed by atoms with Crippen LogP contribution in [0.5, 0.6) is 23.0 Å². The van der Waals surface area contributed by atoms with Gasteiger partial charge in [-0.3, -0.25) is 0 Å². The largest absolute Gasteiger partial charge is 0.490 e. The molecule has 0 radical (unpaired) electrons. The Bertz CT molecular complexity index is 1980. The normalized spacial score (nSPS) is 11.7. The molecule has 12 nitrogen and oxygen atoms in total. The standard InChI is InChI=1S/C45H42O12/c1-5-41(46)54-25-21-50-31-17-19-37(39(29-31)52-23-27-56-43(48)7-3)45(35-15-11-9-13-33(35)34-14-10-12-16-36(34)45)38-20-18-32(51-22-26-55-42(47)6-2)30-40(38)53-24-28-57-44(49)8-4/h5-20,29-30H,1-4,21-28H2. The number of hydrogen-bond donors (Lipinski definition) is 0. The highest BCUT2D eigenvalue weighted by Gasteiger charge is 2.49. The SMILES string of the molecule is C=CC(=O)OCCOc1ccc(C2(c3ccc(OCCOC(=O)C=C)cc3OCCOC(=O)C=C)c3ccccc3-c3ccccc32)c(OCCOC(=O)C=C)c1. The van der Waals surface area contributed by atoms with E-state index >= 15 is 0 Å². The van der Waals surface area contributed by atoms with Crippen LogP contribution in [0.15, 0.2) is 136 Å². The van der Waals surface area contributed by atoms with Crippen molar-refractivity contribution in [2.75, 3.05) is 52.9 Å². The molecule has 0 heterocycles. The zero-order valence-electron chi connectivity index (χ0n) is 31.3. The van der Waals surface area contributed by atoms with Crippen LogP contribution in [0, 0.1) is 0 Å². The van der Waals surface area contributed by atoms with Crippen molar-refractivity contribution < 1.29 is 57.1 Å². The second kappa shape index (κ2) is 20.0. The molecule has 4 aromatic rings. The summed E-state index contributed by atoms with van der Waals surface area (Å²) in [5.74, 6) is -0.707. The van der Waals surface area contributed by atoms with Crippen molar-refractivity contribution in [2.45, 2.75) is 5.41 Å². The maximum absolute atomic E-state index is 11.9. The van der Waals surface area contributed by atoms with Gasteiger partial charge in [0.2, 0.25) is 0 Å². The van der Waals surface area contributed by atoms with Gasteiger partial charge in [-0.2, -0.15) is 0 Å². The van der Waals surface area contributed by atoms with E-state index in [-0.39, 0.29) is 52.9 Å². The topological polar surface area (TPSA) is 142 Å². The summed E-state index contributed by atoms with van der Waals surface area (Å²) in [6.07, 6.45) is 4.28. The van der Waals surface area contributed by atoms with Gasteiger partial charge in [0.05, 0.1) is 5.41 Å². The van der Waals surface area contributed by atoms with E-state index in [0.717, 1.165) is 46.6 Å². The summed E-state index contributed by atoms with van der Waals surface area (Å²) in [7, 11) is 0. The minimum atomic E-state index is -1.11. The fourth-order valence-electron chi connectivity index (χ4n) is 6.43. The molecular weight excluding hydrogens is 732 g/mol. The number of fused-ring (bicyclic) bond motifs is 3. The summed E-state index contributed by atoms with van der Waals surface area (Å²) in [4.78, 5) is 47.0. The van der Waals surface area contributed by atoms with Crippen molar-refractivity contribution in [2.24, 2.45) is 0 Å². The van der Waals surface area contributed by atoms with Crippen molar-refractivity contribution in [3.63, 3.8) is 0 Å². The molecule has 0 aromatic heterocycles. The average Bonchev–Trinajstić information content (AvgIpc) is 3.54. The van der Waals surface area contributed by atoms with Gasteiger partial charge in [-0.15, -0.1) is 0 Å². The lowest BCUT2D eigenvalue weighted by Gasteiger charge is -2.36. The quantitative estimate of drug-likeness (QED) is 0.0329. The molecule has 0 spiro atoms. The zero-order chi connectivity index (χ0) is 40.6. The molecule has 1 aliphatic rings. The maximum atomic E-state index is 11.9. The number of hydrogen-bond acceptors (Lipinski definition) is 12. The minimum absolute atomic E-state index is 0.0150. The Labute approximate surface area is 330 Å². The van der Waals surface area contributed by atoms with Gasteiger partial charge in [-0.05, 0) is 34.4 Å². The van der Waals surface area contributed by atoms with Crippen LogP contribution in [0.25, 0.3) is 11.1 Å². The molecule has 0 N–H and O–H groups in total. The molecule has 0 fully saturated rings. The van der Waals surface area contributed by atoms with E-state index in [1.54, 1.807) is 24.3 Å². The second-order valence-corrected chi connectivity index (χ2v) is 12.0. The average molecular weight is 775 g/mol. The fourth-order valence-corrected chi connectivity index (χ4v) is 6.43. The summed E-state index contributed by atoms with van der Waals surface area (Å²) in [5.41, 5.74) is 4.03. The lowest BCUT2D eigenvalue weighted by Crippen LogP contribution is -2.30. The van der Waals surface area contributed by atoms with E-state index in [1.165, 1.54) is 0 Å². The first-order valence-corrected chi connectivity index (χ1v) is 17.9. The van der Waals surface area contributed by atoms with Gasteiger partial charge >= 0.3 is 23.9 Å². The predicted octanol–water partition coefficient (Wildman–Crippen LogP) is 6.48. The first-order valence-electron chi connectivity index (χ1n) is 17.9. The molecule has 1 aliphatic carbocycles. The first-order chi connectivity index (χ1) is 27.8. The molecule has 0 bridgehead atoms. The van der Waals surface area contributed by atoms with Crippen LogP contribution < -0.4 is 18.9 Å². The van der Waals surface area contributed by atoms with E-state index in [1.807, 2.05) is 60.7 Å². The monoisotopic (exact) mass is 774 g/mol. The van der Waals surface area contributed by atoms with Crippen molar-refractivity contribution in [3.8, 4) is 34.1 Å². The molecule has 0 aliphatic heterocycles. The number of rotatable bonds is 22. The van der Waals surface area contributed by atoms with Gasteiger partial charge in [0.25, 0.3) is 0 Å². The summed E-state index contributed by atoms with van der Waals surface area (Å²) in [6, 6.07) is 26.8. The van der Waals surface area contributed by atoms with E-state index < -0.39 is 29.3 Å². The Kier molecular flexibility index (Phi) is 14.4. The van der Waals surface area contributed by atoms with Crippen LogP contribution in [0.1, 0.15) is 22.3 Å². The number of esters is 4. The maximum Gasteiger partial charge on any atom is 0.330 e. The molecule has 0 saturated carbocycles. The number of benzene rings is 4. The summed E-state index contributed by atoms with van der Waals surface area (Å²) in [5, 5.41) is 0. The first kappa shape index (κ1) is 41.1. The highest BCUT2D eigenvalue weighted by Crippen LogP contribution is 2.60. The van der Waals surface area contributed by atoms with Crippen molar-refractivity contribution >= 4 is 23.9 Å². The molecular formula is C45H42O12. The van der Waals surface area contributed by atoms with E-state index in [9.17, 15) is 19.2 Å². The summed E-state index contributed by atoms with van der Waals surface area (Å²) in [6.45, 7) is 13.6. The molecule has 0 atom stereocenters. The van der Waals surface area contributed by atoms with Gasteiger partial charge < -0.3 is 37.9 Å².